The fraction of sp³-hybridized carbons (Fsp3) is 0.396. The summed E-state index contributed by atoms with van der Waals surface area (Å²) < 4.78 is 19.9. The Kier molecular flexibility index (Phi) is 8.81. The molecule has 0 radical (unpaired) electrons. The molecule has 3 aliphatic heterocycles. The SMILES string of the molecule is Cc1cc(C(C)(C)C)cc(C)c1N1c2cc(C(C)C)cc3c2B(c2cc(C(C)(C)C)ccc2N3c2c(C)cc3c(c2C)OCCO3)c2oc3ccc(C(C)(C)C)cc3c21. The van der Waals surface area contributed by atoms with Crippen molar-refractivity contribution in [2.45, 2.75) is 126 Å². The van der Waals surface area contributed by atoms with Gasteiger partial charge in [0.2, 0.25) is 0 Å². The van der Waals surface area contributed by atoms with E-state index in [1.807, 2.05) is 0 Å². The van der Waals surface area contributed by atoms with E-state index in [9.17, 15) is 0 Å². The fourth-order valence-electron chi connectivity index (χ4n) is 9.83. The van der Waals surface area contributed by atoms with Gasteiger partial charge in [-0.25, -0.2) is 0 Å². The van der Waals surface area contributed by atoms with Crippen LogP contribution in [0.15, 0.2) is 71.1 Å². The van der Waals surface area contributed by atoms with Crippen molar-refractivity contribution < 1.29 is 13.9 Å². The maximum absolute atomic E-state index is 7.34. The van der Waals surface area contributed by atoms with E-state index in [4.69, 9.17) is 13.9 Å². The summed E-state index contributed by atoms with van der Waals surface area (Å²) in [7, 11) is 0. The van der Waals surface area contributed by atoms with Crippen LogP contribution in [-0.4, -0.2) is 19.9 Å². The highest BCUT2D eigenvalue weighted by Gasteiger charge is 2.48. The van der Waals surface area contributed by atoms with Gasteiger partial charge < -0.3 is 23.7 Å². The van der Waals surface area contributed by atoms with E-state index in [1.165, 1.54) is 67.1 Å². The van der Waals surface area contributed by atoms with Crippen LogP contribution in [0.3, 0.4) is 0 Å². The smallest absolute Gasteiger partial charge is 0.297 e. The third kappa shape index (κ3) is 6.10. The van der Waals surface area contributed by atoms with Gasteiger partial charge in [0.1, 0.15) is 18.8 Å². The normalized spacial score (nSPS) is 14.9. The molecule has 0 unspecified atom stereocenters. The molecule has 6 aromatic rings. The van der Waals surface area contributed by atoms with Gasteiger partial charge >= 0.3 is 0 Å². The summed E-state index contributed by atoms with van der Waals surface area (Å²) in [5.74, 6) is 1.94. The predicted octanol–water partition coefficient (Wildman–Crippen LogP) is 12.5. The molecular formula is C53H61BN2O3. The molecule has 5 nitrogen and oxygen atoms in total. The van der Waals surface area contributed by atoms with E-state index in [-0.39, 0.29) is 28.9 Å². The topological polar surface area (TPSA) is 38.1 Å². The van der Waals surface area contributed by atoms with Crippen molar-refractivity contribution in [3.8, 4) is 11.5 Å². The lowest BCUT2D eigenvalue weighted by molar-refractivity contribution is 0.170. The lowest BCUT2D eigenvalue weighted by atomic mass is 9.35. The van der Waals surface area contributed by atoms with Crippen LogP contribution < -0.4 is 35.9 Å². The summed E-state index contributed by atoms with van der Waals surface area (Å²) >= 11 is 0. The molecule has 4 heterocycles. The van der Waals surface area contributed by atoms with E-state index in [1.54, 1.807) is 0 Å². The molecule has 0 atom stereocenters. The van der Waals surface area contributed by atoms with E-state index < -0.39 is 0 Å². The predicted molar refractivity (Wildman–Crippen MR) is 250 cm³/mol. The summed E-state index contributed by atoms with van der Waals surface area (Å²) in [6.45, 7) is 35.4. The quantitative estimate of drug-likeness (QED) is 0.167. The summed E-state index contributed by atoms with van der Waals surface area (Å²) in [6, 6.07) is 26.0. The molecule has 0 amide bonds. The first-order chi connectivity index (χ1) is 27.6. The molecule has 0 spiro atoms. The number of anilines is 6. The number of benzene rings is 5. The Morgan fingerprint density at radius 1 is 0.576 bits per heavy atom. The summed E-state index contributed by atoms with van der Waals surface area (Å²) in [4.78, 5) is 5.13. The second kappa shape index (κ2) is 13.2. The summed E-state index contributed by atoms with van der Waals surface area (Å²) in [5.41, 5.74) is 21.4. The zero-order chi connectivity index (χ0) is 42.2. The number of ether oxygens (including phenoxy) is 2. The highest BCUT2D eigenvalue weighted by atomic mass is 16.6. The maximum Gasteiger partial charge on any atom is 0.297 e. The standard InChI is InChI=1S/C53H61BN2O3/c1-29(2)34-25-41-45-42(26-34)56(46-30(3)22-37(23-31(46)4)53(13,14)15)48-38-27-35(51(7,8)9)17-19-43(38)59-50(48)54(45)39-28-36(52(10,11)12)16-18-40(39)55(41)47-32(5)24-44-49(33(47)6)58-21-20-57-44/h16-19,22-29H,20-21H2,1-15H3. The Morgan fingerprint density at radius 2 is 1.15 bits per heavy atom. The Labute approximate surface area is 352 Å². The molecule has 5 aromatic carbocycles. The van der Waals surface area contributed by atoms with Crippen LogP contribution in [0.25, 0.3) is 11.0 Å². The molecular weight excluding hydrogens is 723 g/mol. The van der Waals surface area contributed by atoms with Crippen LogP contribution in [0.2, 0.25) is 0 Å². The average Bonchev–Trinajstić information content (AvgIpc) is 3.53. The van der Waals surface area contributed by atoms with Gasteiger partial charge in [0.15, 0.2) is 11.5 Å². The Balaban J connectivity index is 1.46. The minimum atomic E-state index is -0.140. The zero-order valence-corrected chi connectivity index (χ0v) is 38.0. The van der Waals surface area contributed by atoms with Crippen molar-refractivity contribution in [2.24, 2.45) is 0 Å². The van der Waals surface area contributed by atoms with Gasteiger partial charge in [0.25, 0.3) is 6.71 Å². The number of hydrogen-bond acceptors (Lipinski definition) is 5. The molecule has 6 heteroatoms. The molecule has 3 aliphatic rings. The van der Waals surface area contributed by atoms with Crippen molar-refractivity contribution in [3.05, 3.63) is 111 Å². The van der Waals surface area contributed by atoms with Crippen molar-refractivity contribution in [3.63, 3.8) is 0 Å². The molecule has 1 aromatic heterocycles. The van der Waals surface area contributed by atoms with Crippen molar-refractivity contribution >= 4 is 68.4 Å². The summed E-state index contributed by atoms with van der Waals surface area (Å²) in [5, 5.41) is 1.16. The number of fused-ring (bicyclic) bond motifs is 7. The highest BCUT2D eigenvalue weighted by molar-refractivity contribution is 7.00. The summed E-state index contributed by atoms with van der Waals surface area (Å²) in [6.07, 6.45) is 0. The van der Waals surface area contributed by atoms with E-state index in [2.05, 4.69) is 180 Å². The third-order valence-corrected chi connectivity index (χ3v) is 13.1. The number of furan rings is 1. The molecule has 0 fully saturated rings. The van der Waals surface area contributed by atoms with Crippen LogP contribution in [0.4, 0.5) is 34.1 Å². The molecule has 0 bridgehead atoms. The average molecular weight is 785 g/mol. The maximum atomic E-state index is 7.34. The van der Waals surface area contributed by atoms with Gasteiger partial charge in [-0.15, -0.1) is 0 Å². The first-order valence-electron chi connectivity index (χ1n) is 21.7. The number of aryl methyl sites for hydroxylation is 3. The molecule has 0 aliphatic carbocycles. The van der Waals surface area contributed by atoms with Gasteiger partial charge in [-0.1, -0.05) is 106 Å². The van der Waals surface area contributed by atoms with Crippen LogP contribution in [0.5, 0.6) is 11.5 Å². The van der Waals surface area contributed by atoms with Gasteiger partial charge in [-0.2, -0.15) is 0 Å². The Morgan fingerprint density at radius 3 is 1.78 bits per heavy atom. The largest absolute Gasteiger partial charge is 0.486 e. The lowest BCUT2D eigenvalue weighted by Crippen LogP contribution is -2.61. The minimum absolute atomic E-state index is 0.0151. The highest BCUT2D eigenvalue weighted by Crippen LogP contribution is 2.52. The Bertz CT molecular complexity index is 2690. The molecule has 0 N–H and O–H groups in total. The second-order valence-electron chi connectivity index (χ2n) is 20.9. The number of nitrogens with zero attached hydrogens (tertiary/aromatic N) is 2. The number of hydrogen-bond donors (Lipinski definition) is 0. The van der Waals surface area contributed by atoms with Crippen LogP contribution in [-0.2, 0) is 16.2 Å². The first kappa shape index (κ1) is 39.4. The van der Waals surface area contributed by atoms with Crippen LogP contribution >= 0.6 is 0 Å². The molecule has 9 rings (SSSR count). The molecule has 0 saturated carbocycles. The van der Waals surface area contributed by atoms with Crippen molar-refractivity contribution in [2.75, 3.05) is 23.0 Å². The van der Waals surface area contributed by atoms with E-state index in [0.29, 0.717) is 13.2 Å². The fourth-order valence-corrected chi connectivity index (χ4v) is 9.83. The molecule has 0 saturated heterocycles. The van der Waals surface area contributed by atoms with E-state index in [0.717, 1.165) is 50.6 Å². The lowest BCUT2D eigenvalue weighted by Gasteiger charge is -2.44. The van der Waals surface area contributed by atoms with Gasteiger partial charge in [-0.05, 0) is 136 Å². The Hall–Kier alpha value is -5.10. The minimum Gasteiger partial charge on any atom is -0.486 e. The third-order valence-electron chi connectivity index (χ3n) is 13.1. The zero-order valence-electron chi connectivity index (χ0n) is 38.0. The van der Waals surface area contributed by atoms with Crippen molar-refractivity contribution in [1.29, 1.82) is 0 Å². The van der Waals surface area contributed by atoms with Gasteiger partial charge in [-0.3, -0.25) is 0 Å². The van der Waals surface area contributed by atoms with Gasteiger partial charge in [0.05, 0.1) is 22.7 Å². The second-order valence-corrected chi connectivity index (χ2v) is 20.9. The van der Waals surface area contributed by atoms with E-state index >= 15 is 0 Å². The van der Waals surface area contributed by atoms with Crippen molar-refractivity contribution in [1.82, 2.24) is 0 Å². The molecule has 59 heavy (non-hydrogen) atoms. The first-order valence-corrected chi connectivity index (χ1v) is 21.7. The number of rotatable bonds is 3. The van der Waals surface area contributed by atoms with Crippen LogP contribution in [0, 0.1) is 27.7 Å². The monoisotopic (exact) mass is 784 g/mol. The van der Waals surface area contributed by atoms with Crippen LogP contribution in [0.1, 0.15) is 127 Å². The van der Waals surface area contributed by atoms with Gasteiger partial charge in [0, 0.05) is 28.0 Å². The molecule has 304 valence electrons.